The molecule has 0 bridgehead atoms. The third-order valence-corrected chi connectivity index (χ3v) is 3.75. The summed E-state index contributed by atoms with van der Waals surface area (Å²) in [6.07, 6.45) is 3.15. The first-order valence-corrected chi connectivity index (χ1v) is 7.18. The monoisotopic (exact) mass is 298 g/mol. The Balaban J connectivity index is 2.43. The molecule has 1 aliphatic rings. The van der Waals surface area contributed by atoms with Crippen LogP contribution in [0.3, 0.4) is 0 Å². The van der Waals surface area contributed by atoms with Gasteiger partial charge in [0.1, 0.15) is 0 Å². The first-order chi connectivity index (χ1) is 9.84. The molecule has 1 rings (SSSR count). The Bertz CT molecular complexity index is 367. The van der Waals surface area contributed by atoms with Crippen molar-refractivity contribution in [1.82, 2.24) is 0 Å². The van der Waals surface area contributed by atoms with Crippen molar-refractivity contribution in [2.75, 3.05) is 33.5 Å². The average Bonchev–Trinajstić information content (AvgIpc) is 2.61. The van der Waals surface area contributed by atoms with Crippen LogP contribution in [0, 0.1) is 0 Å². The van der Waals surface area contributed by atoms with Crippen LogP contribution >= 0.6 is 0 Å². The van der Waals surface area contributed by atoms with E-state index in [-0.39, 0.29) is 11.2 Å². The van der Waals surface area contributed by atoms with Crippen molar-refractivity contribution in [1.29, 1.82) is 0 Å². The largest absolute Gasteiger partial charge is 0.497 e. The van der Waals surface area contributed by atoms with Gasteiger partial charge in [0.05, 0.1) is 37.6 Å². The van der Waals surface area contributed by atoms with Crippen LogP contribution in [-0.2, 0) is 18.8 Å². The van der Waals surface area contributed by atoms with Gasteiger partial charge in [-0.05, 0) is 33.9 Å². The quantitative estimate of drug-likeness (QED) is 0.414. The van der Waals surface area contributed by atoms with Gasteiger partial charge < -0.3 is 24.5 Å². The molecule has 6 nitrogen and oxygen atoms in total. The number of hydrogen-bond acceptors (Lipinski definition) is 6. The number of rotatable bonds is 8. The number of nitrogens with zero attached hydrogens (tertiary/aromatic N) is 1. The molecule has 0 aromatic heterocycles. The summed E-state index contributed by atoms with van der Waals surface area (Å²) in [5, 5.41) is 0. The molecule has 0 aliphatic carbocycles. The molecule has 1 heterocycles. The zero-order valence-corrected chi connectivity index (χ0v) is 13.7. The molecule has 7 heteroatoms. The highest BCUT2D eigenvalue weighted by atomic mass is 16.7. The lowest BCUT2D eigenvalue weighted by Crippen LogP contribution is -2.41. The Morgan fingerprint density at radius 3 is 2.29 bits per heavy atom. The highest BCUT2D eigenvalue weighted by molar-refractivity contribution is 6.60. The maximum Gasteiger partial charge on any atom is 0.497 e. The Morgan fingerprint density at radius 1 is 1.14 bits per heavy atom. The summed E-state index contributed by atoms with van der Waals surface area (Å²) in [5.41, 5.74) is 5.59. The molecule has 0 saturated carbocycles. The average molecular weight is 298 g/mol. The molecule has 0 radical (unpaired) electrons. The molecule has 2 N–H and O–H groups in total. The van der Waals surface area contributed by atoms with Gasteiger partial charge in [-0.1, -0.05) is 0 Å². The fourth-order valence-corrected chi connectivity index (χ4v) is 1.69. The lowest BCUT2D eigenvalue weighted by Gasteiger charge is -2.32. The van der Waals surface area contributed by atoms with Crippen molar-refractivity contribution in [2.45, 2.75) is 38.9 Å². The van der Waals surface area contributed by atoms with Gasteiger partial charge in [-0.2, -0.15) is 0 Å². The van der Waals surface area contributed by atoms with Crippen molar-refractivity contribution in [2.24, 2.45) is 10.7 Å². The van der Waals surface area contributed by atoms with Crippen LogP contribution < -0.4 is 5.73 Å². The van der Waals surface area contributed by atoms with E-state index in [0.29, 0.717) is 31.8 Å². The normalized spacial score (nSPS) is 21.4. The minimum Gasteiger partial charge on any atom is -0.405 e. The van der Waals surface area contributed by atoms with Crippen LogP contribution in [-0.4, -0.2) is 58.0 Å². The van der Waals surface area contributed by atoms with E-state index in [0.717, 1.165) is 0 Å². The van der Waals surface area contributed by atoms with Gasteiger partial charge in [0, 0.05) is 18.8 Å². The fourth-order valence-electron chi connectivity index (χ4n) is 1.69. The van der Waals surface area contributed by atoms with Crippen LogP contribution in [0.5, 0.6) is 0 Å². The van der Waals surface area contributed by atoms with Crippen LogP contribution in [0.2, 0.25) is 0 Å². The summed E-state index contributed by atoms with van der Waals surface area (Å²) < 4.78 is 22.1. The molecule has 0 atom stereocenters. The second kappa shape index (κ2) is 7.94. The van der Waals surface area contributed by atoms with Gasteiger partial charge in [0.15, 0.2) is 0 Å². The SMILES string of the molecule is COCCOCCN=CC(=CN)B1OC(C)(C)C(C)(C)O1. The van der Waals surface area contributed by atoms with Crippen molar-refractivity contribution in [3.63, 3.8) is 0 Å². The van der Waals surface area contributed by atoms with E-state index in [9.17, 15) is 0 Å². The van der Waals surface area contributed by atoms with E-state index < -0.39 is 7.12 Å². The van der Waals surface area contributed by atoms with Gasteiger partial charge >= 0.3 is 7.12 Å². The zero-order chi connectivity index (χ0) is 15.9. The molecule has 0 aromatic carbocycles. The Hall–Kier alpha value is -0.885. The number of nitrogens with two attached hydrogens (primary N) is 1. The van der Waals surface area contributed by atoms with Crippen molar-refractivity contribution in [3.05, 3.63) is 11.7 Å². The summed E-state index contributed by atoms with van der Waals surface area (Å²) >= 11 is 0. The number of allylic oxidation sites excluding steroid dienone is 1. The van der Waals surface area contributed by atoms with Crippen LogP contribution in [0.15, 0.2) is 16.7 Å². The van der Waals surface area contributed by atoms with E-state index >= 15 is 0 Å². The second-order valence-electron chi connectivity index (χ2n) is 5.90. The van der Waals surface area contributed by atoms with Crippen LogP contribution in [0.25, 0.3) is 0 Å². The third-order valence-electron chi connectivity index (χ3n) is 3.75. The number of aliphatic imine (C=N–C) groups is 1. The Labute approximate surface area is 127 Å². The molecule has 1 saturated heterocycles. The molecule has 0 amide bonds. The van der Waals surface area contributed by atoms with E-state index in [1.165, 1.54) is 6.20 Å². The van der Waals surface area contributed by atoms with Crippen LogP contribution in [0.1, 0.15) is 27.7 Å². The Morgan fingerprint density at radius 2 is 1.76 bits per heavy atom. The Kier molecular flexibility index (Phi) is 6.86. The summed E-state index contributed by atoms with van der Waals surface area (Å²) in [4.78, 5) is 4.28. The number of hydrogen-bond donors (Lipinski definition) is 1. The molecular formula is C14H27BN2O4. The summed E-state index contributed by atoms with van der Waals surface area (Å²) in [6.45, 7) is 10.3. The first-order valence-electron chi connectivity index (χ1n) is 7.18. The molecule has 0 spiro atoms. The lowest BCUT2D eigenvalue weighted by atomic mass is 9.79. The topological polar surface area (TPSA) is 75.3 Å². The predicted octanol–water partition coefficient (Wildman–Crippen LogP) is 1.19. The van der Waals surface area contributed by atoms with Crippen molar-refractivity contribution < 1.29 is 18.8 Å². The molecular weight excluding hydrogens is 271 g/mol. The fraction of sp³-hybridized carbons (Fsp3) is 0.786. The molecule has 120 valence electrons. The molecule has 21 heavy (non-hydrogen) atoms. The summed E-state index contributed by atoms with van der Waals surface area (Å²) in [6, 6.07) is 0. The van der Waals surface area contributed by atoms with Gasteiger partial charge in [-0.15, -0.1) is 0 Å². The first kappa shape index (κ1) is 18.2. The van der Waals surface area contributed by atoms with Gasteiger partial charge in [0.25, 0.3) is 0 Å². The van der Waals surface area contributed by atoms with Gasteiger partial charge in [-0.3, -0.25) is 4.99 Å². The maximum absolute atomic E-state index is 5.92. The predicted molar refractivity (Wildman–Crippen MR) is 84.4 cm³/mol. The van der Waals surface area contributed by atoms with E-state index in [4.69, 9.17) is 24.5 Å². The maximum atomic E-state index is 5.92. The zero-order valence-electron chi connectivity index (χ0n) is 13.7. The number of methoxy groups -OCH3 is 1. The summed E-state index contributed by atoms with van der Waals surface area (Å²) in [5.74, 6) is 0. The standard InChI is InChI=1S/C14H27BN2O4/c1-13(2)14(3,4)21-15(20-13)12(10-16)11-17-6-7-19-9-8-18-5/h10-11H,6-9,16H2,1-5H3. The molecule has 1 fully saturated rings. The van der Waals surface area contributed by atoms with E-state index in [1.807, 2.05) is 27.7 Å². The highest BCUT2D eigenvalue weighted by Crippen LogP contribution is 2.38. The third kappa shape index (κ3) is 5.11. The highest BCUT2D eigenvalue weighted by Gasteiger charge is 2.52. The van der Waals surface area contributed by atoms with E-state index in [1.54, 1.807) is 13.3 Å². The molecule has 0 aromatic rings. The van der Waals surface area contributed by atoms with Gasteiger partial charge in [0.2, 0.25) is 0 Å². The lowest BCUT2D eigenvalue weighted by molar-refractivity contribution is 0.00578. The molecule has 0 unspecified atom stereocenters. The smallest absolute Gasteiger partial charge is 0.405 e. The van der Waals surface area contributed by atoms with Crippen molar-refractivity contribution >= 4 is 13.3 Å². The second-order valence-corrected chi connectivity index (χ2v) is 5.90. The molecule has 1 aliphatic heterocycles. The minimum atomic E-state index is -0.488. The van der Waals surface area contributed by atoms with Crippen LogP contribution in [0.4, 0.5) is 0 Å². The van der Waals surface area contributed by atoms with Crippen molar-refractivity contribution in [3.8, 4) is 0 Å². The van der Waals surface area contributed by atoms with E-state index in [2.05, 4.69) is 4.99 Å². The van der Waals surface area contributed by atoms with Gasteiger partial charge in [-0.25, -0.2) is 0 Å². The number of ether oxygens (including phenoxy) is 2. The minimum absolute atomic E-state index is 0.386. The summed E-state index contributed by atoms with van der Waals surface area (Å²) in [7, 11) is 1.16.